The molecule has 4 aliphatic rings. The number of nitrogens with one attached hydrogen (secondary N) is 1. The second kappa shape index (κ2) is 11.8. The lowest BCUT2D eigenvalue weighted by Gasteiger charge is -2.63. The van der Waals surface area contributed by atoms with Gasteiger partial charge in [-0.15, -0.1) is 0 Å². The molecule has 0 aliphatic heterocycles. The van der Waals surface area contributed by atoms with Gasteiger partial charge in [0, 0.05) is 19.4 Å². The Bertz CT molecular complexity index is 844. The van der Waals surface area contributed by atoms with Gasteiger partial charge in [-0.25, -0.2) is 0 Å². The van der Waals surface area contributed by atoms with Crippen LogP contribution in [0.15, 0.2) is 0 Å². The van der Waals surface area contributed by atoms with Crippen molar-refractivity contribution in [2.24, 2.45) is 40.4 Å². The fraction of sp³-hybridized carbons (Fsp3) is 0.938. The molecular weight excluding hydrogens is 478 g/mol. The summed E-state index contributed by atoms with van der Waals surface area (Å²) in [5.74, 6) is 1.62. The largest absolute Gasteiger partial charge is 0.462 e. The molecule has 4 fully saturated rings. The molecule has 1 amide bonds. The number of amides is 1. The summed E-state index contributed by atoms with van der Waals surface area (Å²) in [5, 5.41) is 24.9. The van der Waals surface area contributed by atoms with Crippen LogP contribution in [0, 0.1) is 40.4 Å². The highest BCUT2D eigenvalue weighted by molar-refractivity contribution is 5.81. The van der Waals surface area contributed by atoms with Gasteiger partial charge in [-0.1, -0.05) is 46.5 Å². The third-order valence-electron chi connectivity index (χ3n) is 12.0. The van der Waals surface area contributed by atoms with Gasteiger partial charge in [0.1, 0.15) is 6.10 Å². The summed E-state index contributed by atoms with van der Waals surface area (Å²) in [5.41, 5.74) is -0.470. The summed E-state index contributed by atoms with van der Waals surface area (Å²) < 4.78 is 6.19. The first-order chi connectivity index (χ1) is 18.0. The average molecular weight is 534 g/mol. The molecule has 0 heterocycles. The molecule has 0 aromatic carbocycles. The lowest BCUT2D eigenvalue weighted by molar-refractivity contribution is -0.197. The van der Waals surface area contributed by atoms with Crippen molar-refractivity contribution in [2.45, 2.75) is 142 Å². The summed E-state index contributed by atoms with van der Waals surface area (Å²) >= 11 is 0. The van der Waals surface area contributed by atoms with Crippen LogP contribution in [-0.2, 0) is 14.3 Å². The van der Waals surface area contributed by atoms with Crippen LogP contribution in [0.1, 0.15) is 124 Å². The highest BCUT2D eigenvalue weighted by Gasteiger charge is 2.64. The summed E-state index contributed by atoms with van der Waals surface area (Å²) in [6.45, 7) is 9.19. The Hall–Kier alpha value is -1.14. The van der Waals surface area contributed by atoms with Gasteiger partial charge in [0.15, 0.2) is 0 Å². The van der Waals surface area contributed by atoms with E-state index in [1.165, 1.54) is 25.7 Å². The van der Waals surface area contributed by atoms with E-state index in [0.717, 1.165) is 51.4 Å². The number of carbonyl (C=O) groups is 2. The maximum atomic E-state index is 12.9. The Morgan fingerprint density at radius 3 is 2.37 bits per heavy atom. The molecule has 38 heavy (non-hydrogen) atoms. The van der Waals surface area contributed by atoms with E-state index < -0.39 is 5.60 Å². The topological polar surface area (TPSA) is 95.9 Å². The molecular formula is C32H55NO5. The Kier molecular flexibility index (Phi) is 9.24. The molecule has 6 heteroatoms. The second-order valence-corrected chi connectivity index (χ2v) is 14.2. The van der Waals surface area contributed by atoms with Crippen molar-refractivity contribution >= 4 is 11.9 Å². The number of unbranched alkanes of at least 4 members (excludes halogenated alkanes) is 3. The second-order valence-electron chi connectivity index (χ2n) is 14.2. The first kappa shape index (κ1) is 29.8. The van der Waals surface area contributed by atoms with Gasteiger partial charge in [0.05, 0.1) is 18.1 Å². The summed E-state index contributed by atoms with van der Waals surface area (Å²) in [7, 11) is 1.58. The van der Waals surface area contributed by atoms with Crippen LogP contribution >= 0.6 is 0 Å². The van der Waals surface area contributed by atoms with Crippen LogP contribution in [-0.4, -0.2) is 46.9 Å². The van der Waals surface area contributed by atoms with Gasteiger partial charge < -0.3 is 20.3 Å². The minimum atomic E-state index is -0.633. The van der Waals surface area contributed by atoms with Gasteiger partial charge in [0.25, 0.3) is 0 Å². The molecule has 4 rings (SSSR count). The predicted octanol–water partition coefficient (Wildman–Crippen LogP) is 5.78. The zero-order valence-corrected chi connectivity index (χ0v) is 24.8. The van der Waals surface area contributed by atoms with Crippen molar-refractivity contribution in [3.63, 3.8) is 0 Å². The minimum absolute atomic E-state index is 0.0516. The monoisotopic (exact) mass is 533 g/mol. The normalized spacial score (nSPS) is 41.8. The fourth-order valence-electron chi connectivity index (χ4n) is 10.1. The van der Waals surface area contributed by atoms with E-state index in [1.54, 1.807) is 7.05 Å². The summed E-state index contributed by atoms with van der Waals surface area (Å²) in [6, 6.07) is 0. The Labute approximate surface area is 231 Å². The van der Waals surface area contributed by atoms with E-state index in [2.05, 4.69) is 33.0 Å². The van der Waals surface area contributed by atoms with Gasteiger partial charge in [-0.05, 0) is 99.2 Å². The molecule has 0 spiro atoms. The molecule has 218 valence electrons. The van der Waals surface area contributed by atoms with Crippen molar-refractivity contribution in [1.29, 1.82) is 0 Å². The maximum Gasteiger partial charge on any atom is 0.306 e. The molecule has 3 N–H and O–H groups in total. The minimum Gasteiger partial charge on any atom is -0.462 e. The lowest BCUT2D eigenvalue weighted by Crippen LogP contribution is -2.59. The fourth-order valence-corrected chi connectivity index (χ4v) is 10.1. The van der Waals surface area contributed by atoms with Crippen LogP contribution in [0.3, 0.4) is 0 Å². The number of aliphatic hydroxyl groups excluding tert-OH is 1. The zero-order valence-electron chi connectivity index (χ0n) is 24.8. The molecule has 0 aromatic rings. The zero-order chi connectivity index (χ0) is 27.7. The Morgan fingerprint density at radius 2 is 1.66 bits per heavy atom. The average Bonchev–Trinajstić information content (AvgIpc) is 3.24. The van der Waals surface area contributed by atoms with Crippen LogP contribution in [0.5, 0.6) is 0 Å². The molecule has 0 radical (unpaired) electrons. The number of ether oxygens (including phenoxy) is 1. The molecule has 0 aromatic heterocycles. The first-order valence-electron chi connectivity index (χ1n) is 15.8. The number of hydrogen-bond donors (Lipinski definition) is 3. The predicted molar refractivity (Wildman–Crippen MR) is 149 cm³/mol. The van der Waals surface area contributed by atoms with Crippen molar-refractivity contribution in [1.82, 2.24) is 5.32 Å². The third-order valence-corrected chi connectivity index (χ3v) is 12.0. The number of fused-ring (bicyclic) bond motifs is 5. The number of esters is 1. The van der Waals surface area contributed by atoms with Crippen molar-refractivity contribution in [3.8, 4) is 0 Å². The van der Waals surface area contributed by atoms with E-state index in [-0.39, 0.29) is 53.7 Å². The van der Waals surface area contributed by atoms with E-state index in [1.807, 2.05) is 0 Å². The van der Waals surface area contributed by atoms with Crippen LogP contribution in [0.4, 0.5) is 0 Å². The standard InChI is InChI=1S/C32H55NO5/c1-6-7-8-9-16-32(4,37)27-11-10-23-22-20-26(38-29(36)13-12-28(35)33-5)25-19-21(34)14-17-30(25,2)24(22)15-18-31(23,27)3/h21-27,34,37H,6-20H2,1-5H3,(H,33,35)/t21-,22?,23?,24?,25+,26-,27-,30+,31-,32-/m0/s1. The molecule has 6 nitrogen and oxygen atoms in total. The van der Waals surface area contributed by atoms with Crippen molar-refractivity contribution in [3.05, 3.63) is 0 Å². The van der Waals surface area contributed by atoms with E-state index in [0.29, 0.717) is 30.1 Å². The van der Waals surface area contributed by atoms with Crippen molar-refractivity contribution < 1.29 is 24.5 Å². The Morgan fingerprint density at radius 1 is 0.947 bits per heavy atom. The first-order valence-corrected chi connectivity index (χ1v) is 15.8. The molecule has 0 bridgehead atoms. The third kappa shape index (κ3) is 5.68. The van der Waals surface area contributed by atoms with Crippen LogP contribution < -0.4 is 5.32 Å². The van der Waals surface area contributed by atoms with Crippen LogP contribution in [0.25, 0.3) is 0 Å². The number of carbonyl (C=O) groups excluding carboxylic acids is 2. The summed E-state index contributed by atoms with van der Waals surface area (Å²) in [6.07, 6.45) is 13.3. The van der Waals surface area contributed by atoms with E-state index in [4.69, 9.17) is 4.74 Å². The van der Waals surface area contributed by atoms with Gasteiger partial charge >= 0.3 is 5.97 Å². The van der Waals surface area contributed by atoms with Gasteiger partial charge in [0.2, 0.25) is 5.91 Å². The van der Waals surface area contributed by atoms with Gasteiger partial charge in [-0.3, -0.25) is 9.59 Å². The molecule has 4 saturated carbocycles. The number of aliphatic hydroxyl groups is 2. The quantitative estimate of drug-likeness (QED) is 0.245. The number of rotatable bonds is 10. The molecule has 3 unspecified atom stereocenters. The highest BCUT2D eigenvalue weighted by atomic mass is 16.5. The molecule has 0 saturated heterocycles. The number of hydrogen-bond acceptors (Lipinski definition) is 5. The van der Waals surface area contributed by atoms with Gasteiger partial charge in [-0.2, -0.15) is 0 Å². The highest BCUT2D eigenvalue weighted by Crippen LogP contribution is 2.69. The molecule has 4 aliphatic carbocycles. The smallest absolute Gasteiger partial charge is 0.306 e. The van der Waals surface area contributed by atoms with E-state index >= 15 is 0 Å². The van der Waals surface area contributed by atoms with E-state index in [9.17, 15) is 19.8 Å². The Balaban J connectivity index is 1.54. The lowest BCUT2D eigenvalue weighted by atomic mass is 9.43. The SMILES string of the molecule is CCCCCC[C@](C)(O)[C@H]1CCC2C3C[C@H](OC(=O)CCC(=O)NC)[C@H]4C[C@@H](O)CC[C@]4(C)C3CC[C@@]21C. The van der Waals surface area contributed by atoms with Crippen molar-refractivity contribution in [2.75, 3.05) is 7.05 Å². The maximum absolute atomic E-state index is 12.9. The summed E-state index contributed by atoms with van der Waals surface area (Å²) in [4.78, 5) is 24.6. The molecule has 10 atom stereocenters. The van der Waals surface area contributed by atoms with Crippen LogP contribution in [0.2, 0.25) is 0 Å².